The highest BCUT2D eigenvalue weighted by Crippen LogP contribution is 2.40. The lowest BCUT2D eigenvalue weighted by Gasteiger charge is -2.14. The average Bonchev–Trinajstić information content (AvgIpc) is 3.29. The molecule has 0 aliphatic carbocycles. The minimum Gasteiger partial charge on any atom is -0.496 e. The van der Waals surface area contributed by atoms with Gasteiger partial charge < -0.3 is 14.5 Å². The van der Waals surface area contributed by atoms with E-state index in [0.29, 0.717) is 5.75 Å². The molecule has 4 heteroatoms. The zero-order chi connectivity index (χ0) is 24.5. The molecule has 0 spiro atoms. The molecule has 5 aromatic rings. The summed E-state index contributed by atoms with van der Waals surface area (Å²) in [5.74, 6) is 0.513. The zero-order valence-electron chi connectivity index (χ0n) is 20.3. The van der Waals surface area contributed by atoms with Crippen LogP contribution in [0.15, 0.2) is 89.6 Å². The van der Waals surface area contributed by atoms with Crippen molar-refractivity contribution in [1.82, 2.24) is 0 Å². The quantitative estimate of drug-likeness (QED) is 0.270. The molecule has 1 heterocycles. The Bertz CT molecular complexity index is 1580. The maximum atomic E-state index is 13.0. The lowest BCUT2D eigenvalue weighted by atomic mass is 9.96. The molecule has 1 aromatic heterocycles. The van der Waals surface area contributed by atoms with E-state index < -0.39 is 0 Å². The molecule has 5 rings (SSSR count). The number of aryl methyl sites for hydroxylation is 2. The molecule has 0 saturated heterocycles. The highest BCUT2D eigenvalue weighted by molar-refractivity contribution is 6.09. The van der Waals surface area contributed by atoms with Gasteiger partial charge in [0, 0.05) is 39.2 Å². The summed E-state index contributed by atoms with van der Waals surface area (Å²) < 4.78 is 11.7. The summed E-state index contributed by atoms with van der Waals surface area (Å²) in [5.41, 5.74) is 7.44. The van der Waals surface area contributed by atoms with E-state index in [0.717, 1.165) is 55.3 Å². The Labute approximate surface area is 204 Å². The van der Waals surface area contributed by atoms with Gasteiger partial charge in [-0.3, -0.25) is 4.79 Å². The van der Waals surface area contributed by atoms with Crippen LogP contribution in [-0.4, -0.2) is 13.0 Å². The first-order valence-electron chi connectivity index (χ1n) is 11.6. The van der Waals surface area contributed by atoms with Gasteiger partial charge in [-0.15, -0.1) is 0 Å². The van der Waals surface area contributed by atoms with Crippen LogP contribution in [0, 0.1) is 13.8 Å². The minimum absolute atomic E-state index is 0.190. The van der Waals surface area contributed by atoms with E-state index >= 15 is 0 Å². The minimum atomic E-state index is -0.190. The van der Waals surface area contributed by atoms with E-state index in [1.165, 1.54) is 5.56 Å². The highest BCUT2D eigenvalue weighted by Gasteiger charge is 2.19. The second kappa shape index (κ2) is 9.15. The number of hydrogen-bond donors (Lipinski definition) is 1. The second-order valence-electron chi connectivity index (χ2n) is 8.82. The van der Waals surface area contributed by atoms with Crippen molar-refractivity contribution in [2.24, 2.45) is 0 Å². The molecular weight excluding hydrogens is 434 g/mol. The van der Waals surface area contributed by atoms with Crippen LogP contribution in [-0.2, 0) is 4.79 Å². The lowest BCUT2D eigenvalue weighted by molar-refractivity contribution is -0.111. The van der Waals surface area contributed by atoms with E-state index in [2.05, 4.69) is 42.6 Å². The molecule has 4 nitrogen and oxygen atoms in total. The van der Waals surface area contributed by atoms with Crippen LogP contribution in [0.4, 0.5) is 5.69 Å². The third kappa shape index (κ3) is 4.19. The van der Waals surface area contributed by atoms with Gasteiger partial charge >= 0.3 is 0 Å². The summed E-state index contributed by atoms with van der Waals surface area (Å²) >= 11 is 0. The monoisotopic (exact) mass is 461 g/mol. The largest absolute Gasteiger partial charge is 0.496 e. The van der Waals surface area contributed by atoms with Crippen LogP contribution in [0.2, 0.25) is 0 Å². The van der Waals surface area contributed by atoms with Gasteiger partial charge in [0.1, 0.15) is 11.3 Å². The van der Waals surface area contributed by atoms with Crippen molar-refractivity contribution in [3.8, 4) is 16.9 Å². The molecule has 0 unspecified atom stereocenters. The first kappa shape index (κ1) is 22.5. The Hall–Kier alpha value is -4.31. The van der Waals surface area contributed by atoms with Gasteiger partial charge in [0.25, 0.3) is 0 Å². The average molecular weight is 462 g/mol. The maximum absolute atomic E-state index is 13.0. The summed E-state index contributed by atoms with van der Waals surface area (Å²) in [6, 6.07) is 24.3. The number of carbonyl (C=O) groups excluding carboxylic acids is 1. The van der Waals surface area contributed by atoms with Gasteiger partial charge in [-0.2, -0.15) is 0 Å². The van der Waals surface area contributed by atoms with Gasteiger partial charge in [-0.25, -0.2) is 0 Å². The number of ether oxygens (including phenoxy) is 1. The Morgan fingerprint density at radius 1 is 0.943 bits per heavy atom. The van der Waals surface area contributed by atoms with E-state index in [9.17, 15) is 4.79 Å². The number of hydrogen-bond acceptors (Lipinski definition) is 3. The molecule has 0 fully saturated rings. The maximum Gasteiger partial charge on any atom is 0.248 e. The Balaban J connectivity index is 1.55. The van der Waals surface area contributed by atoms with Crippen LogP contribution in [0.5, 0.6) is 5.75 Å². The third-order valence-electron chi connectivity index (χ3n) is 6.43. The molecule has 0 aliphatic heterocycles. The number of rotatable bonds is 5. The van der Waals surface area contributed by atoms with Crippen molar-refractivity contribution in [1.29, 1.82) is 0 Å². The van der Waals surface area contributed by atoms with Gasteiger partial charge in [-0.05, 0) is 49.4 Å². The van der Waals surface area contributed by atoms with Crippen molar-refractivity contribution in [3.63, 3.8) is 0 Å². The van der Waals surface area contributed by atoms with Crippen LogP contribution in [0.3, 0.4) is 0 Å². The second-order valence-corrected chi connectivity index (χ2v) is 8.82. The fourth-order valence-corrected chi connectivity index (χ4v) is 4.61. The number of benzene rings is 4. The summed E-state index contributed by atoms with van der Waals surface area (Å²) in [6.45, 7) is 5.98. The first-order chi connectivity index (χ1) is 17.0. The normalized spacial score (nSPS) is 11.7. The van der Waals surface area contributed by atoms with Crippen LogP contribution >= 0.6 is 0 Å². The third-order valence-corrected chi connectivity index (χ3v) is 6.43. The van der Waals surface area contributed by atoms with E-state index in [-0.39, 0.29) is 5.91 Å². The molecule has 4 aromatic carbocycles. The Morgan fingerprint density at radius 3 is 2.46 bits per heavy atom. The SMILES string of the molecule is COc1c(/C(C)=C/C(=O)Nc2cccc3ccccc23)cc2c(-c3ccc(C)cc3)coc2c1C. The number of methoxy groups -OCH3 is 1. The van der Waals surface area contributed by atoms with E-state index in [1.807, 2.05) is 56.3 Å². The number of allylic oxidation sites excluding steroid dienone is 1. The van der Waals surface area contributed by atoms with Crippen molar-refractivity contribution >= 4 is 38.9 Å². The number of furan rings is 1. The van der Waals surface area contributed by atoms with Crippen LogP contribution in [0.1, 0.15) is 23.6 Å². The number of fused-ring (bicyclic) bond motifs is 2. The van der Waals surface area contributed by atoms with Crippen molar-refractivity contribution in [2.45, 2.75) is 20.8 Å². The van der Waals surface area contributed by atoms with Crippen molar-refractivity contribution < 1.29 is 13.9 Å². The molecule has 0 radical (unpaired) electrons. The van der Waals surface area contributed by atoms with Gasteiger partial charge in [0.2, 0.25) is 5.91 Å². The number of anilines is 1. The number of nitrogens with one attached hydrogen (secondary N) is 1. The first-order valence-corrected chi connectivity index (χ1v) is 11.6. The summed E-state index contributed by atoms with van der Waals surface area (Å²) in [7, 11) is 1.64. The van der Waals surface area contributed by atoms with E-state index in [1.54, 1.807) is 19.4 Å². The predicted molar refractivity (Wildman–Crippen MR) is 144 cm³/mol. The van der Waals surface area contributed by atoms with Crippen molar-refractivity contribution in [2.75, 3.05) is 12.4 Å². The molecule has 0 aliphatic rings. The van der Waals surface area contributed by atoms with Gasteiger partial charge in [0.15, 0.2) is 0 Å². The number of carbonyl (C=O) groups is 1. The standard InChI is InChI=1S/C31H27NO3/c1-19-12-14-23(15-13-19)27-18-35-31-21(3)30(34-4)25(17-26(27)31)20(2)16-29(33)32-28-11-7-9-22-8-5-6-10-24(22)28/h5-18H,1-4H3,(H,32,33)/b20-16+. The molecule has 1 N–H and O–H groups in total. The summed E-state index contributed by atoms with van der Waals surface area (Å²) in [6.07, 6.45) is 3.41. The molecule has 0 bridgehead atoms. The Morgan fingerprint density at radius 2 is 1.69 bits per heavy atom. The van der Waals surface area contributed by atoms with Gasteiger partial charge in [-0.1, -0.05) is 66.2 Å². The highest BCUT2D eigenvalue weighted by atomic mass is 16.5. The molecule has 1 amide bonds. The number of amides is 1. The van der Waals surface area contributed by atoms with Gasteiger partial charge in [0.05, 0.1) is 13.4 Å². The Kier molecular flexibility index (Phi) is 5.87. The van der Waals surface area contributed by atoms with Crippen LogP contribution < -0.4 is 10.1 Å². The summed E-state index contributed by atoms with van der Waals surface area (Å²) in [4.78, 5) is 13.0. The van der Waals surface area contributed by atoms with E-state index in [4.69, 9.17) is 9.15 Å². The zero-order valence-corrected chi connectivity index (χ0v) is 20.3. The molecular formula is C31H27NO3. The van der Waals surface area contributed by atoms with Crippen molar-refractivity contribution in [3.05, 3.63) is 102 Å². The fraction of sp³-hybridized carbons (Fsp3) is 0.129. The molecule has 174 valence electrons. The van der Waals surface area contributed by atoms with Crippen LogP contribution in [0.25, 0.3) is 38.4 Å². The molecule has 35 heavy (non-hydrogen) atoms. The predicted octanol–water partition coefficient (Wildman–Crippen LogP) is 7.92. The smallest absolute Gasteiger partial charge is 0.248 e. The fourth-order valence-electron chi connectivity index (χ4n) is 4.61. The molecule has 0 saturated carbocycles. The topological polar surface area (TPSA) is 51.5 Å². The summed E-state index contributed by atoms with van der Waals surface area (Å²) in [5, 5.41) is 6.11. The lowest BCUT2D eigenvalue weighted by Crippen LogP contribution is -2.09. The molecule has 0 atom stereocenters.